The Bertz CT molecular complexity index is 1410. The van der Waals surface area contributed by atoms with Gasteiger partial charge >= 0.3 is 6.18 Å². The molecule has 40 heavy (non-hydrogen) atoms. The lowest BCUT2D eigenvalue weighted by Gasteiger charge is -2.26. The minimum atomic E-state index is -4.54. The van der Waals surface area contributed by atoms with Crippen molar-refractivity contribution in [3.05, 3.63) is 83.2 Å². The second-order valence-corrected chi connectivity index (χ2v) is 10.7. The van der Waals surface area contributed by atoms with E-state index in [9.17, 15) is 18.0 Å². The molecule has 0 saturated carbocycles. The zero-order valence-corrected chi connectivity index (χ0v) is 22.9. The number of amidine groups is 1. The Labute approximate surface area is 232 Å². The van der Waals surface area contributed by atoms with E-state index in [1.165, 1.54) is 12.1 Å². The van der Waals surface area contributed by atoms with Crippen LogP contribution in [-0.2, 0) is 12.7 Å². The third kappa shape index (κ3) is 5.73. The molecule has 0 radical (unpaired) electrons. The van der Waals surface area contributed by atoms with Crippen molar-refractivity contribution in [1.29, 1.82) is 0 Å². The van der Waals surface area contributed by atoms with Crippen LogP contribution in [0, 0.1) is 6.92 Å². The lowest BCUT2D eigenvalue weighted by atomic mass is 9.93. The summed E-state index contributed by atoms with van der Waals surface area (Å²) >= 11 is 0. The summed E-state index contributed by atoms with van der Waals surface area (Å²) in [6, 6.07) is 9.48. The van der Waals surface area contributed by atoms with E-state index in [-0.39, 0.29) is 23.8 Å². The van der Waals surface area contributed by atoms with Gasteiger partial charge in [-0.3, -0.25) is 19.7 Å². The van der Waals surface area contributed by atoms with Crippen molar-refractivity contribution in [3.8, 4) is 0 Å². The fourth-order valence-electron chi connectivity index (χ4n) is 5.46. The third-order valence-electron chi connectivity index (χ3n) is 7.82. The van der Waals surface area contributed by atoms with Crippen molar-refractivity contribution in [1.82, 2.24) is 14.7 Å². The topological polar surface area (TPSA) is 63.5 Å². The fraction of sp³-hybridized carbons (Fsp3) is 0.367. The van der Waals surface area contributed by atoms with Crippen molar-refractivity contribution in [2.75, 3.05) is 39.0 Å². The van der Waals surface area contributed by atoms with Crippen molar-refractivity contribution in [2.45, 2.75) is 38.1 Å². The Kier molecular flexibility index (Phi) is 7.65. The minimum absolute atomic E-state index is 0.0983. The zero-order valence-electron chi connectivity index (χ0n) is 22.9. The number of likely N-dealkylation sites (tertiary alicyclic amines) is 1. The number of nitrogens with one attached hydrogen (secondary N) is 1. The molecule has 3 heterocycles. The van der Waals surface area contributed by atoms with Crippen LogP contribution in [0.15, 0.2) is 65.4 Å². The summed E-state index contributed by atoms with van der Waals surface area (Å²) in [7, 11) is 3.97. The van der Waals surface area contributed by atoms with E-state index < -0.39 is 17.6 Å². The Hall–Kier alpha value is -3.76. The van der Waals surface area contributed by atoms with Crippen molar-refractivity contribution in [2.24, 2.45) is 9.98 Å². The fourth-order valence-corrected chi connectivity index (χ4v) is 5.46. The number of hydrogen-bond acceptors (Lipinski definition) is 6. The summed E-state index contributed by atoms with van der Waals surface area (Å²) in [4.78, 5) is 27.9. The Morgan fingerprint density at radius 2 is 2.00 bits per heavy atom. The highest BCUT2D eigenvalue weighted by atomic mass is 19.4. The lowest BCUT2D eigenvalue weighted by molar-refractivity contribution is -0.138. The van der Waals surface area contributed by atoms with Gasteiger partial charge in [-0.15, -0.1) is 0 Å². The first-order chi connectivity index (χ1) is 19.0. The number of benzene rings is 2. The van der Waals surface area contributed by atoms with Crippen LogP contribution in [0.5, 0.6) is 0 Å². The molecule has 0 bridgehead atoms. The molecular weight excluding hydrogens is 517 g/mol. The number of fused-ring (bicyclic) bond motifs is 1. The van der Waals surface area contributed by atoms with Gasteiger partial charge in [0.15, 0.2) is 0 Å². The van der Waals surface area contributed by atoms with Crippen LogP contribution in [0.25, 0.3) is 5.57 Å². The largest absolute Gasteiger partial charge is 0.416 e. The first-order valence-electron chi connectivity index (χ1n) is 13.2. The quantitative estimate of drug-likeness (QED) is 0.524. The lowest BCUT2D eigenvalue weighted by Crippen LogP contribution is -2.34. The molecule has 1 fully saturated rings. The Balaban J connectivity index is 1.32. The molecule has 3 aliphatic heterocycles. The highest BCUT2D eigenvalue weighted by Gasteiger charge is 2.35. The van der Waals surface area contributed by atoms with Crippen molar-refractivity contribution < 1.29 is 18.0 Å². The number of carbonyl (C=O) groups is 1. The predicted octanol–water partition coefficient (Wildman–Crippen LogP) is 5.05. The van der Waals surface area contributed by atoms with Gasteiger partial charge in [-0.1, -0.05) is 18.7 Å². The van der Waals surface area contributed by atoms with E-state index in [0.29, 0.717) is 18.2 Å². The molecule has 2 atom stereocenters. The number of aliphatic imine (C=N–C) groups is 2. The average molecular weight is 551 g/mol. The van der Waals surface area contributed by atoms with E-state index in [1.54, 1.807) is 24.5 Å². The van der Waals surface area contributed by atoms with E-state index in [1.807, 2.05) is 43.1 Å². The third-order valence-corrected chi connectivity index (χ3v) is 7.82. The number of halogens is 3. The van der Waals surface area contributed by atoms with Gasteiger partial charge in [0.2, 0.25) is 0 Å². The summed E-state index contributed by atoms with van der Waals surface area (Å²) in [5, 5.41) is 2.66. The highest BCUT2D eigenvalue weighted by Crippen LogP contribution is 2.35. The summed E-state index contributed by atoms with van der Waals surface area (Å²) in [6.45, 7) is 8.42. The first-order valence-corrected chi connectivity index (χ1v) is 13.2. The van der Waals surface area contributed by atoms with Crippen LogP contribution in [0.4, 0.5) is 18.9 Å². The number of amides is 1. The molecule has 2 aromatic carbocycles. The second kappa shape index (κ2) is 11.0. The van der Waals surface area contributed by atoms with Gasteiger partial charge in [-0.05, 0) is 74.0 Å². The molecule has 2 aromatic rings. The summed E-state index contributed by atoms with van der Waals surface area (Å²) < 4.78 is 42.1. The maximum absolute atomic E-state index is 14.0. The van der Waals surface area contributed by atoms with Crippen molar-refractivity contribution >= 4 is 29.2 Å². The van der Waals surface area contributed by atoms with Gasteiger partial charge in [0, 0.05) is 49.3 Å². The monoisotopic (exact) mass is 550 g/mol. The molecule has 5 rings (SSSR count). The SMILES string of the molecule is C=C(c1cc(C(=O)Nc2ccc(CN3CC[C@@H](N(C)C)C3)c(C(F)(F)F)c2)ccc1C)[C@@H]1CN=C2C=NC=CN21. The number of anilines is 1. The first kappa shape index (κ1) is 27.8. The normalized spacial score (nSPS) is 20.7. The number of nitrogens with zero attached hydrogens (tertiary/aromatic N) is 5. The molecule has 1 amide bonds. The number of rotatable bonds is 7. The van der Waals surface area contributed by atoms with E-state index in [0.717, 1.165) is 48.1 Å². The number of alkyl halides is 3. The molecular formula is C30H33F3N6O. The maximum Gasteiger partial charge on any atom is 0.416 e. The number of hydrogen-bond donors (Lipinski definition) is 1. The van der Waals surface area contributed by atoms with Gasteiger partial charge in [-0.25, -0.2) is 0 Å². The standard InChI is InChI=1S/C30H33F3N6O/c1-19-5-6-21(13-25(19)20(2)27-15-35-28-16-34-10-12-39(27)28)29(40)36-23-8-7-22(26(14-23)30(31,32)33)17-38-11-9-24(18-38)37(3)4/h5-8,10,12-14,16,24,27H,2,9,11,15,17-18H2,1,3-4H3,(H,36,40)/t24-,27+/m1/s1. The smallest absolute Gasteiger partial charge is 0.322 e. The minimum Gasteiger partial charge on any atom is -0.322 e. The Morgan fingerprint density at radius 1 is 1.20 bits per heavy atom. The van der Waals surface area contributed by atoms with Crippen molar-refractivity contribution in [3.63, 3.8) is 0 Å². The zero-order chi connectivity index (χ0) is 28.6. The van der Waals surface area contributed by atoms with Gasteiger partial charge in [0.25, 0.3) is 5.91 Å². The second-order valence-electron chi connectivity index (χ2n) is 10.7. The van der Waals surface area contributed by atoms with E-state index in [2.05, 4.69) is 26.8 Å². The van der Waals surface area contributed by atoms with Crippen LogP contribution in [-0.4, -0.2) is 78.5 Å². The summed E-state index contributed by atoms with van der Waals surface area (Å²) in [6.07, 6.45) is 1.61. The number of aryl methyl sites for hydroxylation is 1. The van der Waals surface area contributed by atoms with Gasteiger partial charge in [0.1, 0.15) is 5.84 Å². The molecule has 210 valence electrons. The number of likely N-dealkylation sites (N-methyl/N-ethyl adjacent to an activating group) is 1. The molecule has 10 heteroatoms. The molecule has 1 N–H and O–H groups in total. The molecule has 7 nitrogen and oxygen atoms in total. The van der Waals surface area contributed by atoms with Crippen LogP contribution < -0.4 is 5.32 Å². The number of carbonyl (C=O) groups excluding carboxylic acids is 1. The van der Waals surface area contributed by atoms with Gasteiger partial charge in [0.05, 0.1) is 24.4 Å². The van der Waals surface area contributed by atoms with Crippen LogP contribution in [0.2, 0.25) is 0 Å². The van der Waals surface area contributed by atoms with Crippen LogP contribution in [0.1, 0.15) is 39.0 Å². The van der Waals surface area contributed by atoms with Gasteiger partial charge in [-0.2, -0.15) is 13.2 Å². The van der Waals surface area contributed by atoms with Gasteiger partial charge < -0.3 is 15.1 Å². The molecule has 0 aliphatic carbocycles. The Morgan fingerprint density at radius 3 is 2.73 bits per heavy atom. The molecule has 0 aromatic heterocycles. The molecule has 0 unspecified atom stereocenters. The van der Waals surface area contributed by atoms with Crippen LogP contribution in [0.3, 0.4) is 0 Å². The van der Waals surface area contributed by atoms with E-state index in [4.69, 9.17) is 0 Å². The highest BCUT2D eigenvalue weighted by molar-refractivity contribution is 6.31. The molecule has 3 aliphatic rings. The predicted molar refractivity (Wildman–Crippen MR) is 153 cm³/mol. The molecule has 1 saturated heterocycles. The van der Waals surface area contributed by atoms with Crippen LogP contribution >= 0.6 is 0 Å². The maximum atomic E-state index is 14.0. The molecule has 0 spiro atoms. The van der Waals surface area contributed by atoms with E-state index >= 15 is 0 Å². The summed E-state index contributed by atoms with van der Waals surface area (Å²) in [5.74, 6) is 0.267. The summed E-state index contributed by atoms with van der Waals surface area (Å²) in [5.41, 5.74) is 2.44. The average Bonchev–Trinajstić information content (AvgIpc) is 3.56.